The van der Waals surface area contributed by atoms with Crippen LogP contribution < -0.4 is 42.6 Å². The quantitative estimate of drug-likeness (QED) is 0.0350. The van der Waals surface area contributed by atoms with Crippen LogP contribution >= 0.6 is 0 Å². The van der Waals surface area contributed by atoms with Crippen molar-refractivity contribution in [2.45, 2.75) is 88.0 Å². The second kappa shape index (κ2) is 20.5. The molecule has 1 saturated heterocycles. The molecule has 0 aromatic heterocycles. The lowest BCUT2D eigenvalue weighted by atomic mass is 9.73. The third kappa shape index (κ3) is 9.01. The number of ketones is 2. The Bertz CT molecular complexity index is 2730. The van der Waals surface area contributed by atoms with E-state index in [-0.39, 0.29) is 103 Å². The first-order valence-electron chi connectivity index (χ1n) is 23.7. The Kier molecular flexibility index (Phi) is 14.7. The van der Waals surface area contributed by atoms with E-state index in [1.54, 1.807) is 13.0 Å². The number of nitrogens with two attached hydrogens (primary N) is 3. The zero-order chi connectivity index (χ0) is 52.0. The summed E-state index contributed by atoms with van der Waals surface area (Å²) in [5.41, 5.74) is 17.3. The molecule has 9 atom stereocenters. The van der Waals surface area contributed by atoms with Gasteiger partial charge in [0.2, 0.25) is 17.9 Å². The molecule has 386 valence electrons. The second-order valence-electron chi connectivity index (χ2n) is 18.7. The lowest BCUT2D eigenvalue weighted by molar-refractivity contribution is -0.420. The van der Waals surface area contributed by atoms with Crippen LogP contribution in [0.25, 0.3) is 0 Å². The Morgan fingerprint density at radius 3 is 2.38 bits per heavy atom. The van der Waals surface area contributed by atoms with Crippen LogP contribution in [0.2, 0.25) is 0 Å². The summed E-state index contributed by atoms with van der Waals surface area (Å²) in [6.45, 7) is -0.108. The molecule has 22 heteroatoms. The predicted octanol–water partition coefficient (Wildman–Crippen LogP) is -1.67. The van der Waals surface area contributed by atoms with Crippen molar-refractivity contribution in [3.63, 3.8) is 0 Å². The normalized spacial score (nSPS) is 28.4. The molecule has 0 radical (unpaired) electrons. The number of ether oxygens (including phenoxy) is 3. The number of hydrogen-bond acceptors (Lipinski definition) is 19. The number of phenols is 1. The number of guanidine groups is 1. The Morgan fingerprint density at radius 2 is 1.75 bits per heavy atom. The van der Waals surface area contributed by atoms with Crippen molar-refractivity contribution >= 4 is 29.3 Å². The van der Waals surface area contributed by atoms with Gasteiger partial charge in [0.1, 0.15) is 41.7 Å². The Morgan fingerprint density at radius 1 is 1.03 bits per heavy atom. The number of benzene rings is 2. The van der Waals surface area contributed by atoms with E-state index in [9.17, 15) is 45.3 Å². The molecule has 2 aromatic carbocycles. The van der Waals surface area contributed by atoms with E-state index < -0.39 is 89.9 Å². The molecule has 16 N–H and O–H groups in total. The van der Waals surface area contributed by atoms with Crippen molar-refractivity contribution in [1.82, 2.24) is 20.9 Å². The Balaban J connectivity index is 1.21. The molecule has 72 heavy (non-hydrogen) atoms. The summed E-state index contributed by atoms with van der Waals surface area (Å²) in [6.07, 6.45) is 4.32. The predicted molar refractivity (Wildman–Crippen MR) is 258 cm³/mol. The largest absolute Gasteiger partial charge is 0.507 e. The molecule has 0 bridgehead atoms. The number of fused-ring (bicyclic) bond motifs is 4. The van der Waals surface area contributed by atoms with Gasteiger partial charge in [-0.25, -0.2) is 0 Å². The highest BCUT2D eigenvalue weighted by atomic mass is 16.8. The van der Waals surface area contributed by atoms with E-state index in [0.29, 0.717) is 35.1 Å². The summed E-state index contributed by atoms with van der Waals surface area (Å²) >= 11 is 0. The molecule has 1 unspecified atom stereocenters. The van der Waals surface area contributed by atoms with Crippen LogP contribution in [0.3, 0.4) is 0 Å². The van der Waals surface area contributed by atoms with Gasteiger partial charge in [0.05, 0.1) is 30.2 Å². The van der Waals surface area contributed by atoms with Crippen LogP contribution in [0.4, 0.5) is 0 Å². The lowest BCUT2D eigenvalue weighted by Crippen LogP contribution is -2.75. The number of carbonyl (C=O) groups is 4. The van der Waals surface area contributed by atoms with Crippen molar-refractivity contribution < 1.29 is 69.1 Å². The molecule has 6 aliphatic rings. The number of amides is 2. The van der Waals surface area contributed by atoms with Crippen molar-refractivity contribution in [1.29, 1.82) is 0 Å². The molecular weight excluding hydrogens is 937 g/mol. The number of hydrogen-bond donors (Lipinski definition) is 13. The number of aromatic hydroxyl groups is 1. The monoisotopic (exact) mass is 998 g/mol. The summed E-state index contributed by atoms with van der Waals surface area (Å²) in [7, 11) is 2.79. The zero-order valence-corrected chi connectivity index (χ0v) is 40.1. The van der Waals surface area contributed by atoms with Crippen LogP contribution in [-0.4, -0.2) is 146 Å². The van der Waals surface area contributed by atoms with Crippen LogP contribution in [0.1, 0.15) is 80.3 Å². The highest BCUT2D eigenvalue weighted by Crippen LogP contribution is 2.50. The lowest BCUT2D eigenvalue weighted by Gasteiger charge is -2.53. The number of aliphatic imine (C=N–C) groups is 1. The summed E-state index contributed by atoms with van der Waals surface area (Å²) in [6, 6.07) is 1.25. The van der Waals surface area contributed by atoms with E-state index in [2.05, 4.69) is 20.9 Å². The fraction of sp³-hybridized carbons (Fsp3) is 0.460. The molecule has 2 aromatic rings. The number of nitrogens with one attached hydrogen (secondary N) is 3. The average Bonchev–Trinajstić information content (AvgIpc) is 3.56. The number of allylic oxidation sites excluding steroid dienone is 3. The minimum absolute atomic E-state index is 0.0286. The van der Waals surface area contributed by atoms with E-state index in [1.165, 1.54) is 26.3 Å². The van der Waals surface area contributed by atoms with Gasteiger partial charge in [-0.3, -0.25) is 29.1 Å². The number of rotatable bonds is 15. The molecule has 1 fully saturated rings. The van der Waals surface area contributed by atoms with Gasteiger partial charge in [0, 0.05) is 85.9 Å². The summed E-state index contributed by atoms with van der Waals surface area (Å²) in [5, 5.41) is 90.7. The molecule has 8 rings (SSSR count). The van der Waals surface area contributed by atoms with Gasteiger partial charge in [0.25, 0.3) is 11.8 Å². The summed E-state index contributed by atoms with van der Waals surface area (Å²) < 4.78 is 17.8. The minimum Gasteiger partial charge on any atom is -0.507 e. The highest BCUT2D eigenvalue weighted by Gasteiger charge is 2.65. The molecule has 22 nitrogen and oxygen atoms in total. The maximum absolute atomic E-state index is 15.5. The van der Waals surface area contributed by atoms with Crippen LogP contribution in [0, 0.1) is 17.8 Å². The fourth-order valence-corrected chi connectivity index (χ4v) is 11.0. The number of phenolic OH excluding ortho intramolecular Hbond substituents is 1. The van der Waals surface area contributed by atoms with Gasteiger partial charge in [-0.1, -0.05) is 19.1 Å². The van der Waals surface area contributed by atoms with Crippen molar-refractivity contribution in [3.05, 3.63) is 110 Å². The van der Waals surface area contributed by atoms with E-state index in [0.717, 1.165) is 22.6 Å². The number of dihydropyridines is 2. The van der Waals surface area contributed by atoms with E-state index >= 15 is 9.59 Å². The van der Waals surface area contributed by atoms with Crippen LogP contribution in [0.5, 0.6) is 17.2 Å². The molecule has 0 saturated carbocycles. The highest BCUT2D eigenvalue weighted by molar-refractivity contribution is 6.31. The topological polar surface area (TPSA) is 367 Å². The number of carbonyl (C=O) groups excluding carboxylic acids is 4. The first-order valence-corrected chi connectivity index (χ1v) is 23.7. The maximum atomic E-state index is 15.5. The summed E-state index contributed by atoms with van der Waals surface area (Å²) in [4.78, 5) is 61.2. The smallest absolute Gasteiger partial charge is 0.253 e. The van der Waals surface area contributed by atoms with Crippen molar-refractivity contribution in [3.8, 4) is 17.2 Å². The number of methoxy groups -OCH3 is 1. The van der Waals surface area contributed by atoms with Crippen molar-refractivity contribution in [2.24, 2.45) is 39.9 Å². The van der Waals surface area contributed by atoms with E-state index in [4.69, 9.17) is 31.4 Å². The maximum Gasteiger partial charge on any atom is 0.253 e. The van der Waals surface area contributed by atoms with E-state index in [1.807, 2.05) is 18.4 Å². The molecule has 4 aliphatic heterocycles. The second-order valence-corrected chi connectivity index (χ2v) is 18.7. The van der Waals surface area contributed by atoms with Gasteiger partial charge in [0.15, 0.2) is 11.7 Å². The van der Waals surface area contributed by atoms with Gasteiger partial charge >= 0.3 is 0 Å². The van der Waals surface area contributed by atoms with Gasteiger partial charge in [-0.2, -0.15) is 0 Å². The third-order valence-electron chi connectivity index (χ3n) is 14.8. The molecule has 2 amide bonds. The number of aliphatic hydroxyl groups excluding tert-OH is 4. The standard InChI is InChI=1S/C50H62N8O14/c1-4-27-32(70-3)17-33(71-47-45(66)46(67)49(68,50(69,22-60)72-47)18-26(24-11-13-55-35(52)15-24)21-58-36(61)9-10-37(58)62)40-38(27)43(64)39-28-7-5-23(12-14-59)29(25-6-8-34(51)56-19-25)16-30(28)31(20-57-48(53)54-2)42(63)41(39)44(40)65/h6,8-11,15,17,19,23,26,29,34,45-47,55-56,59-60,63,66-69H,4-5,7,12-14,16,18,20-22,51-52H2,1-3H3,(H3,53,54,57)/t23-,26+,29+,34?,45+,46+,47+,49-,50+/m0/s1. The number of aliphatic hydroxyl groups is 6. The SMILES string of the molecule is CCc1c(OC)cc(O[C@@H]2O[C@](O)(CO)[C@](O)(C[C@H](CN3C(=O)C=CC3=O)C3=CCNC(N)=C3)[C@H](O)[C@H]2O)c2c1C(=O)c1c3c(c(CNC(N)=NC)c(O)c1C2=O)C[C@@H](C1=CNC(N)C=C1)[C@H](CCO)CC3. The number of nitrogens with zero attached hydrogens (tertiary/aromatic N) is 2. The molecule has 2 aliphatic carbocycles. The first-order chi connectivity index (χ1) is 34.3. The Labute approximate surface area is 414 Å². The fourth-order valence-electron chi connectivity index (χ4n) is 11.0. The van der Waals surface area contributed by atoms with Crippen molar-refractivity contribution in [2.75, 3.05) is 40.5 Å². The average molecular weight is 999 g/mol. The summed E-state index contributed by atoms with van der Waals surface area (Å²) in [5.74, 6) is -8.15. The third-order valence-corrected chi connectivity index (χ3v) is 14.8. The minimum atomic E-state index is -3.16. The first kappa shape index (κ1) is 51.7. The van der Waals surface area contributed by atoms with Gasteiger partial charge < -0.3 is 83.1 Å². The zero-order valence-electron chi connectivity index (χ0n) is 40.1. The van der Waals surface area contributed by atoms with Crippen LogP contribution in [-0.2, 0) is 40.1 Å². The van der Waals surface area contributed by atoms with Gasteiger partial charge in [-0.05, 0) is 84.8 Å². The molecule has 0 spiro atoms. The molecule has 4 heterocycles. The Hall–Kier alpha value is -6.63. The number of imide groups is 1. The van der Waals surface area contributed by atoms with Gasteiger partial charge in [-0.15, -0.1) is 0 Å². The molecular formula is C50H62N8O14. The van der Waals surface area contributed by atoms with Crippen LogP contribution in [0.15, 0.2) is 70.7 Å².